The average molecular weight is 821 g/mol. The van der Waals surface area contributed by atoms with Gasteiger partial charge in [0.2, 0.25) is 11.8 Å². The number of benzene rings is 2. The third-order valence-corrected chi connectivity index (χ3v) is 11.5. The number of hydrogen-bond donors (Lipinski definition) is 0. The minimum Gasteiger partial charge on any atom is -0.458 e. The molecular weight excluding hydrogens is 770 g/mol. The van der Waals surface area contributed by atoms with Crippen LogP contribution in [0.5, 0.6) is 0 Å². The summed E-state index contributed by atoms with van der Waals surface area (Å²) in [5.41, 5.74) is -0.466. The molecule has 4 heterocycles. The highest BCUT2D eigenvalue weighted by Crippen LogP contribution is 2.31. The van der Waals surface area contributed by atoms with Crippen LogP contribution >= 0.6 is 0 Å². The fourth-order valence-corrected chi connectivity index (χ4v) is 8.47. The number of likely N-dealkylation sites (tertiary alicyclic amines) is 4. The molecule has 2 amide bonds. The van der Waals surface area contributed by atoms with Crippen LogP contribution in [0.15, 0.2) is 60.7 Å². The molecule has 4 saturated heterocycles. The van der Waals surface area contributed by atoms with E-state index in [9.17, 15) is 45.5 Å². The number of halogens is 6. The van der Waals surface area contributed by atoms with Crippen molar-refractivity contribution in [3.63, 3.8) is 0 Å². The summed E-state index contributed by atoms with van der Waals surface area (Å²) in [5.74, 6) is -1.59. The summed E-state index contributed by atoms with van der Waals surface area (Å²) in [6.07, 6.45) is -1.11. The Bertz CT molecular complexity index is 1640. The van der Waals surface area contributed by atoms with Crippen LogP contribution in [-0.2, 0) is 53.8 Å². The van der Waals surface area contributed by atoms with Crippen LogP contribution in [0.3, 0.4) is 0 Å². The second kappa shape index (κ2) is 19.1. The molecule has 0 N–H and O–H groups in total. The quantitative estimate of drug-likeness (QED) is 0.145. The smallest absolute Gasteiger partial charge is 0.416 e. The summed E-state index contributed by atoms with van der Waals surface area (Å²) in [7, 11) is 0. The predicted octanol–water partition coefficient (Wildman–Crippen LogP) is 6.06. The minimum absolute atomic E-state index is 0.0172. The summed E-state index contributed by atoms with van der Waals surface area (Å²) in [5, 5.41) is 0. The monoisotopic (exact) mass is 820 g/mol. The molecule has 4 unspecified atom stereocenters. The molecule has 0 spiro atoms. The van der Waals surface area contributed by atoms with Crippen LogP contribution in [0.2, 0.25) is 0 Å². The maximum Gasteiger partial charge on any atom is 0.416 e. The van der Waals surface area contributed by atoms with Crippen molar-refractivity contribution < 1.29 is 55.0 Å². The number of carbonyl (C=O) groups is 4. The number of ether oxygens (including phenoxy) is 2. The number of piperidine rings is 2. The number of nitrogens with zero attached hydrogens (tertiary/aromatic N) is 4. The van der Waals surface area contributed by atoms with Crippen molar-refractivity contribution in [2.24, 2.45) is 0 Å². The highest BCUT2D eigenvalue weighted by atomic mass is 19.4. The van der Waals surface area contributed by atoms with Gasteiger partial charge in [0.25, 0.3) is 0 Å². The Morgan fingerprint density at radius 2 is 0.931 bits per heavy atom. The van der Waals surface area contributed by atoms with Gasteiger partial charge < -0.3 is 19.3 Å². The van der Waals surface area contributed by atoms with Crippen LogP contribution in [0.1, 0.15) is 73.6 Å². The fraction of sp³-hybridized carbons (Fsp3) is 0.571. The van der Waals surface area contributed by atoms with Crippen molar-refractivity contribution in [3.8, 4) is 0 Å². The summed E-state index contributed by atoms with van der Waals surface area (Å²) in [6.45, 7) is 4.59. The first-order valence-corrected chi connectivity index (χ1v) is 20.1. The Morgan fingerprint density at radius 1 is 0.552 bits per heavy atom. The molecule has 0 aromatic heterocycles. The summed E-state index contributed by atoms with van der Waals surface area (Å²) >= 11 is 0. The van der Waals surface area contributed by atoms with Crippen molar-refractivity contribution in [1.82, 2.24) is 19.6 Å². The number of carbonyl (C=O) groups excluding carboxylic acids is 4. The first-order chi connectivity index (χ1) is 27.6. The Kier molecular flexibility index (Phi) is 14.2. The van der Waals surface area contributed by atoms with Gasteiger partial charge in [-0.25, -0.2) is 9.59 Å². The van der Waals surface area contributed by atoms with Crippen LogP contribution in [0.4, 0.5) is 26.3 Å². The van der Waals surface area contributed by atoms with E-state index < -0.39 is 47.6 Å². The molecule has 4 aliphatic rings. The Hall–Kier alpha value is -4.44. The van der Waals surface area contributed by atoms with E-state index in [4.69, 9.17) is 9.47 Å². The van der Waals surface area contributed by atoms with Crippen LogP contribution in [0.25, 0.3) is 0 Å². The molecular formula is C42H50F6N4O6. The van der Waals surface area contributed by atoms with E-state index in [-0.39, 0.29) is 36.7 Å². The van der Waals surface area contributed by atoms with Crippen molar-refractivity contribution in [3.05, 3.63) is 82.9 Å². The van der Waals surface area contributed by atoms with E-state index in [1.807, 2.05) is 9.80 Å². The topological polar surface area (TPSA) is 99.7 Å². The average Bonchev–Trinajstić information content (AvgIpc) is 3.82. The molecule has 6 rings (SSSR count). The molecule has 2 aromatic rings. The summed E-state index contributed by atoms with van der Waals surface area (Å²) in [6, 6.07) is 9.22. The van der Waals surface area contributed by atoms with Crippen LogP contribution < -0.4 is 0 Å². The lowest BCUT2D eigenvalue weighted by atomic mass is 10.00. The zero-order chi connectivity index (χ0) is 41.5. The highest BCUT2D eigenvalue weighted by molar-refractivity contribution is 5.91. The maximum absolute atomic E-state index is 13.2. The van der Waals surface area contributed by atoms with Gasteiger partial charge >= 0.3 is 24.3 Å². The lowest BCUT2D eigenvalue weighted by Gasteiger charge is -2.38. The SMILES string of the molecule is O=C(/C=C/C(=O)OC1CCN(CC2CCCCN2C(=O)Cc2ccc(C(F)(F)F)cc2)C1)OC1CCN(CC2CCCCN2C(=O)Cc2ccc(C(F)(F)F)cc2)C1. The highest BCUT2D eigenvalue weighted by Gasteiger charge is 2.35. The third-order valence-electron chi connectivity index (χ3n) is 11.5. The number of esters is 2. The first kappa shape index (κ1) is 43.1. The zero-order valence-corrected chi connectivity index (χ0v) is 32.3. The first-order valence-electron chi connectivity index (χ1n) is 20.1. The maximum atomic E-state index is 13.2. The zero-order valence-electron chi connectivity index (χ0n) is 32.3. The molecule has 0 bridgehead atoms. The van der Waals surface area contributed by atoms with Gasteiger partial charge in [-0.3, -0.25) is 19.4 Å². The van der Waals surface area contributed by atoms with Gasteiger partial charge in [0.15, 0.2) is 0 Å². The molecule has 0 radical (unpaired) electrons. The molecule has 4 aliphatic heterocycles. The Morgan fingerprint density at radius 3 is 1.29 bits per heavy atom. The molecule has 316 valence electrons. The third kappa shape index (κ3) is 12.1. The van der Waals surface area contributed by atoms with Gasteiger partial charge in [-0.2, -0.15) is 26.3 Å². The molecule has 58 heavy (non-hydrogen) atoms. The van der Waals surface area contributed by atoms with Crippen molar-refractivity contribution in [2.75, 3.05) is 52.4 Å². The van der Waals surface area contributed by atoms with Crippen molar-refractivity contribution in [1.29, 1.82) is 0 Å². The van der Waals surface area contributed by atoms with E-state index in [0.717, 1.165) is 74.9 Å². The van der Waals surface area contributed by atoms with E-state index in [1.165, 1.54) is 24.3 Å². The van der Waals surface area contributed by atoms with E-state index in [2.05, 4.69) is 9.80 Å². The minimum atomic E-state index is -4.44. The van der Waals surface area contributed by atoms with Crippen molar-refractivity contribution >= 4 is 23.8 Å². The van der Waals surface area contributed by atoms with E-state index in [1.54, 1.807) is 0 Å². The molecule has 4 atom stereocenters. The van der Waals surface area contributed by atoms with Gasteiger partial charge in [0, 0.05) is 76.6 Å². The number of amides is 2. The lowest BCUT2D eigenvalue weighted by Crippen LogP contribution is -2.49. The van der Waals surface area contributed by atoms with Crippen LogP contribution in [-0.4, -0.2) is 120 Å². The van der Waals surface area contributed by atoms with E-state index >= 15 is 0 Å². The number of hydrogen-bond acceptors (Lipinski definition) is 8. The number of alkyl halides is 6. The predicted molar refractivity (Wildman–Crippen MR) is 200 cm³/mol. The van der Waals surface area contributed by atoms with Gasteiger partial charge in [0.1, 0.15) is 12.2 Å². The molecule has 10 nitrogen and oxygen atoms in total. The molecule has 0 saturated carbocycles. The van der Waals surface area contributed by atoms with E-state index in [0.29, 0.717) is 76.3 Å². The number of rotatable bonds is 12. The Balaban J connectivity index is 0.898. The summed E-state index contributed by atoms with van der Waals surface area (Å²) in [4.78, 5) is 59.6. The van der Waals surface area contributed by atoms with Gasteiger partial charge in [-0.1, -0.05) is 24.3 Å². The van der Waals surface area contributed by atoms with Crippen LogP contribution in [0, 0.1) is 0 Å². The fourth-order valence-electron chi connectivity index (χ4n) is 8.47. The van der Waals surface area contributed by atoms with Gasteiger partial charge in [-0.15, -0.1) is 0 Å². The standard InChI is InChI=1S/C42H50F6N4O6/c43-41(44,45)31-11-7-29(8-12-31)23-37(53)51-19-3-1-5-33(51)25-49-21-17-35(27-49)57-39(55)15-16-40(56)58-36-18-22-50(28-36)26-34-6-2-4-20-52(34)38(54)24-30-9-13-32(14-10-30)42(46,47)48/h7-16,33-36H,1-6,17-28H2/b16-15+. The normalized spacial score (nSPS) is 23.7. The second-order valence-electron chi connectivity index (χ2n) is 15.8. The molecule has 4 fully saturated rings. The second-order valence-corrected chi connectivity index (χ2v) is 15.8. The van der Waals surface area contributed by atoms with Gasteiger partial charge in [-0.05, 0) is 86.8 Å². The molecule has 0 aliphatic carbocycles. The largest absolute Gasteiger partial charge is 0.458 e. The molecule has 2 aromatic carbocycles. The Labute approximate surface area is 334 Å². The molecule has 16 heteroatoms. The van der Waals surface area contributed by atoms with Gasteiger partial charge in [0.05, 0.1) is 24.0 Å². The van der Waals surface area contributed by atoms with Crippen molar-refractivity contribution in [2.45, 2.75) is 101 Å². The summed E-state index contributed by atoms with van der Waals surface area (Å²) < 4.78 is 88.9. The lowest BCUT2D eigenvalue weighted by molar-refractivity contribution is -0.145.